The predicted octanol–water partition coefficient (Wildman–Crippen LogP) is 3.60. The van der Waals surface area contributed by atoms with Gasteiger partial charge in [-0.2, -0.15) is 0 Å². The Balaban J connectivity index is 0.000000211. The van der Waals surface area contributed by atoms with Crippen LogP contribution in [-0.4, -0.2) is 27.1 Å². The van der Waals surface area contributed by atoms with E-state index in [1.165, 1.54) is 0 Å². The normalized spacial score (nSPS) is 9.14. The highest BCUT2D eigenvalue weighted by Crippen LogP contribution is 2.15. The summed E-state index contributed by atoms with van der Waals surface area (Å²) >= 11 is 0. The van der Waals surface area contributed by atoms with Crippen LogP contribution in [-0.2, 0) is 0 Å². The van der Waals surface area contributed by atoms with E-state index in [2.05, 4.69) is 0 Å². The molecule has 112 valence electrons. The largest absolute Gasteiger partial charge is 0.497 e. The van der Waals surface area contributed by atoms with Crippen LogP contribution in [0.5, 0.6) is 17.2 Å². The van der Waals surface area contributed by atoms with Crippen molar-refractivity contribution in [3.8, 4) is 17.2 Å². The lowest BCUT2D eigenvalue weighted by atomic mass is 10.1. The Bertz CT molecular complexity index is 521. The van der Waals surface area contributed by atoms with Gasteiger partial charge in [-0.3, -0.25) is 4.79 Å². The quantitative estimate of drug-likeness (QED) is 0.806. The molecule has 0 aliphatic rings. The molecule has 0 N–H and O–H groups in total. The maximum absolute atomic E-state index is 10.8. The zero-order valence-corrected chi connectivity index (χ0v) is 12.8. The highest BCUT2D eigenvalue weighted by atomic mass is 16.5. The molecule has 0 heterocycles. The lowest BCUT2D eigenvalue weighted by Crippen LogP contribution is -1.91. The molecule has 0 atom stereocenters. The maximum Gasteiger partial charge on any atom is 0.159 e. The van der Waals surface area contributed by atoms with Gasteiger partial charge in [0, 0.05) is 5.56 Å². The number of carbonyl (C=O) groups excluding carboxylic acids is 1. The summed E-state index contributed by atoms with van der Waals surface area (Å²) in [5, 5.41) is 0. The molecule has 0 aromatic heterocycles. The average Bonchev–Trinajstić information content (AvgIpc) is 2.55. The first-order valence-corrected chi connectivity index (χ1v) is 6.43. The molecule has 2 aromatic rings. The van der Waals surface area contributed by atoms with E-state index in [1.807, 2.05) is 24.3 Å². The van der Waals surface area contributed by atoms with Crippen molar-refractivity contribution < 1.29 is 19.0 Å². The van der Waals surface area contributed by atoms with Crippen LogP contribution in [0.2, 0.25) is 0 Å². The van der Waals surface area contributed by atoms with E-state index in [0.717, 1.165) is 17.2 Å². The number of benzene rings is 2. The molecular weight excluding hydrogens is 268 g/mol. The number of methoxy groups -OCH3 is 3. The lowest BCUT2D eigenvalue weighted by Gasteiger charge is -2.00. The first-order chi connectivity index (χ1) is 10.1. The molecule has 0 saturated carbocycles. The first kappa shape index (κ1) is 16.6. The SMILES string of the molecule is COc1ccc(C(C)=O)cc1.COc1ccc(OC)cc1. The van der Waals surface area contributed by atoms with E-state index in [9.17, 15) is 4.79 Å². The summed E-state index contributed by atoms with van der Waals surface area (Å²) in [6, 6.07) is 14.5. The molecule has 0 saturated heterocycles. The number of ether oxygens (including phenoxy) is 3. The number of rotatable bonds is 4. The summed E-state index contributed by atoms with van der Waals surface area (Å²) in [5.41, 5.74) is 0.714. The molecule has 0 unspecified atom stereocenters. The second-order valence-electron chi connectivity index (χ2n) is 4.16. The monoisotopic (exact) mass is 288 g/mol. The zero-order chi connectivity index (χ0) is 15.7. The minimum atomic E-state index is 0.0765. The minimum absolute atomic E-state index is 0.0765. The van der Waals surface area contributed by atoms with Gasteiger partial charge in [0.05, 0.1) is 21.3 Å². The number of Topliss-reactive ketones (excluding diaryl/α,β-unsaturated/α-hetero) is 1. The molecule has 0 amide bonds. The Hall–Kier alpha value is -2.49. The Morgan fingerprint density at radius 3 is 1.19 bits per heavy atom. The van der Waals surface area contributed by atoms with Crippen LogP contribution in [0.15, 0.2) is 48.5 Å². The number of hydrogen-bond donors (Lipinski definition) is 0. The molecule has 0 spiro atoms. The molecule has 0 radical (unpaired) electrons. The fraction of sp³-hybridized carbons (Fsp3) is 0.235. The Morgan fingerprint density at radius 2 is 0.952 bits per heavy atom. The van der Waals surface area contributed by atoms with Gasteiger partial charge in [0.25, 0.3) is 0 Å². The molecule has 4 heteroatoms. The van der Waals surface area contributed by atoms with E-state index >= 15 is 0 Å². The summed E-state index contributed by atoms with van der Waals surface area (Å²) in [7, 11) is 4.88. The Kier molecular flexibility index (Phi) is 6.81. The van der Waals surface area contributed by atoms with E-state index in [4.69, 9.17) is 14.2 Å². The maximum atomic E-state index is 10.8. The standard InChI is InChI=1S/C9H10O2.C8H10O2/c1-7(10)8-3-5-9(11-2)6-4-8;1-9-7-3-5-8(10-2)6-4-7/h3-6H,1-2H3;3-6H,1-2H3. The molecule has 21 heavy (non-hydrogen) atoms. The van der Waals surface area contributed by atoms with Gasteiger partial charge in [0.15, 0.2) is 5.78 Å². The van der Waals surface area contributed by atoms with Gasteiger partial charge in [-0.1, -0.05) is 0 Å². The summed E-state index contributed by atoms with van der Waals surface area (Å²) < 4.78 is 14.9. The van der Waals surface area contributed by atoms with Crippen LogP contribution in [0.25, 0.3) is 0 Å². The van der Waals surface area contributed by atoms with E-state index in [-0.39, 0.29) is 5.78 Å². The molecule has 0 bridgehead atoms. The van der Waals surface area contributed by atoms with Crippen molar-refractivity contribution in [2.75, 3.05) is 21.3 Å². The molecule has 0 fully saturated rings. The van der Waals surface area contributed by atoms with Crippen LogP contribution in [0, 0.1) is 0 Å². The van der Waals surface area contributed by atoms with Crippen LogP contribution >= 0.6 is 0 Å². The van der Waals surface area contributed by atoms with Crippen molar-refractivity contribution in [3.63, 3.8) is 0 Å². The molecule has 0 aliphatic heterocycles. The smallest absolute Gasteiger partial charge is 0.159 e. The number of hydrogen-bond acceptors (Lipinski definition) is 4. The van der Waals surface area contributed by atoms with Gasteiger partial charge < -0.3 is 14.2 Å². The van der Waals surface area contributed by atoms with Gasteiger partial charge in [0.2, 0.25) is 0 Å². The van der Waals surface area contributed by atoms with Crippen molar-refractivity contribution in [1.82, 2.24) is 0 Å². The first-order valence-electron chi connectivity index (χ1n) is 6.43. The molecule has 2 aromatic carbocycles. The van der Waals surface area contributed by atoms with Crippen molar-refractivity contribution >= 4 is 5.78 Å². The molecular formula is C17H20O4. The van der Waals surface area contributed by atoms with Crippen LogP contribution in [0.3, 0.4) is 0 Å². The zero-order valence-electron chi connectivity index (χ0n) is 12.8. The van der Waals surface area contributed by atoms with E-state index in [0.29, 0.717) is 5.56 Å². The molecule has 4 nitrogen and oxygen atoms in total. The van der Waals surface area contributed by atoms with Gasteiger partial charge in [-0.15, -0.1) is 0 Å². The van der Waals surface area contributed by atoms with Gasteiger partial charge >= 0.3 is 0 Å². The van der Waals surface area contributed by atoms with E-state index in [1.54, 1.807) is 52.5 Å². The van der Waals surface area contributed by atoms with Gasteiger partial charge in [-0.25, -0.2) is 0 Å². The third-order valence-corrected chi connectivity index (χ3v) is 2.79. The summed E-state index contributed by atoms with van der Waals surface area (Å²) in [4.78, 5) is 10.8. The van der Waals surface area contributed by atoms with Gasteiger partial charge in [0.1, 0.15) is 17.2 Å². The second kappa shape index (κ2) is 8.64. The van der Waals surface area contributed by atoms with Crippen molar-refractivity contribution in [2.24, 2.45) is 0 Å². The van der Waals surface area contributed by atoms with Crippen LogP contribution in [0.4, 0.5) is 0 Å². The van der Waals surface area contributed by atoms with Crippen LogP contribution < -0.4 is 14.2 Å². The Labute approximate surface area is 125 Å². The third-order valence-electron chi connectivity index (χ3n) is 2.79. The fourth-order valence-electron chi connectivity index (χ4n) is 1.54. The lowest BCUT2D eigenvalue weighted by molar-refractivity contribution is 0.101. The summed E-state index contributed by atoms with van der Waals surface area (Å²) in [6.45, 7) is 1.54. The average molecular weight is 288 g/mol. The topological polar surface area (TPSA) is 44.8 Å². The molecule has 2 rings (SSSR count). The predicted molar refractivity (Wildman–Crippen MR) is 82.5 cm³/mol. The summed E-state index contributed by atoms with van der Waals surface area (Å²) in [6.07, 6.45) is 0. The fourth-order valence-corrected chi connectivity index (χ4v) is 1.54. The van der Waals surface area contributed by atoms with Crippen molar-refractivity contribution in [1.29, 1.82) is 0 Å². The molecule has 0 aliphatic carbocycles. The number of ketones is 1. The Morgan fingerprint density at radius 1 is 0.667 bits per heavy atom. The minimum Gasteiger partial charge on any atom is -0.497 e. The van der Waals surface area contributed by atoms with Crippen LogP contribution in [0.1, 0.15) is 17.3 Å². The van der Waals surface area contributed by atoms with Crippen molar-refractivity contribution in [2.45, 2.75) is 6.92 Å². The summed E-state index contributed by atoms with van der Waals surface area (Å²) in [5.74, 6) is 2.55. The van der Waals surface area contributed by atoms with E-state index < -0.39 is 0 Å². The third kappa shape index (κ3) is 5.57. The van der Waals surface area contributed by atoms with Gasteiger partial charge in [-0.05, 0) is 55.5 Å². The van der Waals surface area contributed by atoms with Crippen molar-refractivity contribution in [3.05, 3.63) is 54.1 Å². The highest BCUT2D eigenvalue weighted by molar-refractivity contribution is 5.94. The highest BCUT2D eigenvalue weighted by Gasteiger charge is 1.97. The number of carbonyl (C=O) groups is 1. The second-order valence-corrected chi connectivity index (χ2v) is 4.16.